The fraction of sp³-hybridized carbons (Fsp3) is 0.364. The molecule has 0 aliphatic carbocycles. The van der Waals surface area contributed by atoms with Crippen LogP contribution in [0.3, 0.4) is 0 Å². The van der Waals surface area contributed by atoms with Gasteiger partial charge in [-0.2, -0.15) is 0 Å². The number of hydrogen-bond acceptors (Lipinski definition) is 1. The third-order valence-electron chi connectivity index (χ3n) is 2.34. The number of unbranched alkanes of at least 4 members (excludes halogenated alkanes) is 1. The van der Waals surface area contributed by atoms with E-state index in [1.807, 2.05) is 10.6 Å². The van der Waals surface area contributed by atoms with Crippen molar-refractivity contribution < 1.29 is 0 Å². The predicted octanol–water partition coefficient (Wildman–Crippen LogP) is 1.97. The van der Waals surface area contributed by atoms with Crippen LogP contribution in [0.2, 0.25) is 0 Å². The smallest absolute Gasteiger partial charge is 0.182 e. The molecule has 2 rings (SSSR count). The second-order valence-electron chi connectivity index (χ2n) is 3.54. The second kappa shape index (κ2) is 3.70. The van der Waals surface area contributed by atoms with E-state index < -0.39 is 0 Å². The molecule has 0 spiro atoms. The van der Waals surface area contributed by atoms with Crippen molar-refractivity contribution in [1.29, 1.82) is 0 Å². The van der Waals surface area contributed by atoms with E-state index in [1.165, 1.54) is 18.5 Å². The first kappa shape index (κ1) is 9.06. The van der Waals surface area contributed by atoms with Crippen molar-refractivity contribution in [2.24, 2.45) is 0 Å². The van der Waals surface area contributed by atoms with Crippen LogP contribution in [0.5, 0.6) is 0 Å². The molecule has 14 heavy (non-hydrogen) atoms. The monoisotopic (exact) mass is 190 g/mol. The standard InChI is InChI=1S/C11H14N2O/c1-2-3-4-9-7-10-8-11(14)5-6-13(10)12-9/h5-8,12H,2-4H2,1H3. The van der Waals surface area contributed by atoms with E-state index in [1.54, 1.807) is 18.3 Å². The van der Waals surface area contributed by atoms with E-state index in [2.05, 4.69) is 12.0 Å². The van der Waals surface area contributed by atoms with E-state index in [0.29, 0.717) is 0 Å². The molecule has 2 aromatic heterocycles. The number of H-pyrrole nitrogens is 1. The number of aromatic amines is 1. The molecule has 0 radical (unpaired) electrons. The zero-order chi connectivity index (χ0) is 9.97. The number of nitrogens with zero attached hydrogens (tertiary/aromatic N) is 1. The molecule has 0 fully saturated rings. The maximum atomic E-state index is 11.1. The Morgan fingerprint density at radius 1 is 1.43 bits per heavy atom. The molecular weight excluding hydrogens is 176 g/mol. The first-order chi connectivity index (χ1) is 6.79. The summed E-state index contributed by atoms with van der Waals surface area (Å²) in [6, 6.07) is 5.25. The Hall–Kier alpha value is -1.51. The summed E-state index contributed by atoms with van der Waals surface area (Å²) >= 11 is 0. The maximum absolute atomic E-state index is 11.1. The van der Waals surface area contributed by atoms with Crippen molar-refractivity contribution in [1.82, 2.24) is 9.61 Å². The van der Waals surface area contributed by atoms with Gasteiger partial charge in [0.05, 0.1) is 5.52 Å². The van der Waals surface area contributed by atoms with Gasteiger partial charge in [-0.05, 0) is 18.9 Å². The SMILES string of the molecule is CCCCc1cc2cc(=O)ccn2[nH]1. The van der Waals surface area contributed by atoms with Crippen LogP contribution in [0.4, 0.5) is 0 Å². The first-order valence-corrected chi connectivity index (χ1v) is 5.00. The Labute approximate surface area is 82.4 Å². The highest BCUT2D eigenvalue weighted by atomic mass is 16.1. The van der Waals surface area contributed by atoms with Gasteiger partial charge in [0.25, 0.3) is 0 Å². The average Bonchev–Trinajstić information content (AvgIpc) is 2.56. The predicted molar refractivity (Wildman–Crippen MR) is 56.6 cm³/mol. The Morgan fingerprint density at radius 3 is 3.07 bits per heavy atom. The molecule has 0 aromatic carbocycles. The van der Waals surface area contributed by atoms with Crippen molar-refractivity contribution in [3.05, 3.63) is 40.3 Å². The van der Waals surface area contributed by atoms with Gasteiger partial charge in [0.1, 0.15) is 0 Å². The van der Waals surface area contributed by atoms with Crippen LogP contribution in [0.1, 0.15) is 25.5 Å². The lowest BCUT2D eigenvalue weighted by atomic mass is 10.2. The van der Waals surface area contributed by atoms with Gasteiger partial charge in [0, 0.05) is 24.0 Å². The number of aromatic nitrogens is 2. The molecule has 2 aromatic rings. The highest BCUT2D eigenvalue weighted by Crippen LogP contribution is 2.06. The van der Waals surface area contributed by atoms with E-state index in [0.717, 1.165) is 11.9 Å². The topological polar surface area (TPSA) is 37.3 Å². The average molecular weight is 190 g/mol. The van der Waals surface area contributed by atoms with Crippen LogP contribution in [-0.2, 0) is 6.42 Å². The Morgan fingerprint density at radius 2 is 2.29 bits per heavy atom. The summed E-state index contributed by atoms with van der Waals surface area (Å²) < 4.78 is 1.88. The molecule has 74 valence electrons. The Kier molecular flexibility index (Phi) is 2.39. The molecule has 1 N–H and O–H groups in total. The molecule has 0 unspecified atom stereocenters. The molecule has 0 atom stereocenters. The van der Waals surface area contributed by atoms with Gasteiger partial charge >= 0.3 is 0 Å². The second-order valence-corrected chi connectivity index (χ2v) is 3.54. The zero-order valence-electron chi connectivity index (χ0n) is 8.29. The minimum absolute atomic E-state index is 0.0611. The minimum atomic E-state index is 0.0611. The van der Waals surface area contributed by atoms with Crippen LogP contribution in [0.15, 0.2) is 29.2 Å². The third-order valence-corrected chi connectivity index (χ3v) is 2.34. The first-order valence-electron chi connectivity index (χ1n) is 5.00. The van der Waals surface area contributed by atoms with Crippen LogP contribution >= 0.6 is 0 Å². The zero-order valence-corrected chi connectivity index (χ0v) is 8.29. The summed E-state index contributed by atoms with van der Waals surface area (Å²) in [5.41, 5.74) is 2.20. The van der Waals surface area contributed by atoms with Gasteiger partial charge in [-0.1, -0.05) is 13.3 Å². The van der Waals surface area contributed by atoms with Gasteiger partial charge < -0.3 is 0 Å². The summed E-state index contributed by atoms with van der Waals surface area (Å²) in [5, 5.41) is 3.24. The molecule has 3 nitrogen and oxygen atoms in total. The van der Waals surface area contributed by atoms with E-state index in [9.17, 15) is 4.79 Å². The molecule has 0 aliphatic rings. The number of fused-ring (bicyclic) bond motifs is 1. The number of rotatable bonds is 3. The molecule has 0 bridgehead atoms. The molecule has 0 aliphatic heterocycles. The lowest BCUT2D eigenvalue weighted by Crippen LogP contribution is -1.98. The van der Waals surface area contributed by atoms with E-state index >= 15 is 0 Å². The number of pyridine rings is 1. The van der Waals surface area contributed by atoms with Gasteiger partial charge in [-0.25, -0.2) is 0 Å². The molecule has 0 saturated carbocycles. The molecular formula is C11H14N2O. The number of aryl methyl sites for hydroxylation is 1. The van der Waals surface area contributed by atoms with Crippen molar-refractivity contribution in [2.45, 2.75) is 26.2 Å². The summed E-state index contributed by atoms with van der Waals surface area (Å²) in [5.74, 6) is 0. The third kappa shape index (κ3) is 1.71. The minimum Gasteiger partial charge on any atom is -0.298 e. The highest BCUT2D eigenvalue weighted by Gasteiger charge is 1.98. The van der Waals surface area contributed by atoms with E-state index in [4.69, 9.17) is 0 Å². The van der Waals surface area contributed by atoms with Crippen molar-refractivity contribution in [2.75, 3.05) is 0 Å². The Balaban J connectivity index is 2.36. The van der Waals surface area contributed by atoms with Gasteiger partial charge in [-0.3, -0.25) is 14.4 Å². The van der Waals surface area contributed by atoms with Crippen molar-refractivity contribution in [3.63, 3.8) is 0 Å². The van der Waals surface area contributed by atoms with Crippen molar-refractivity contribution >= 4 is 5.52 Å². The fourth-order valence-electron chi connectivity index (χ4n) is 1.57. The van der Waals surface area contributed by atoms with Crippen LogP contribution < -0.4 is 5.43 Å². The van der Waals surface area contributed by atoms with Crippen LogP contribution in [0, 0.1) is 0 Å². The number of hydrogen-bond donors (Lipinski definition) is 1. The van der Waals surface area contributed by atoms with Crippen LogP contribution in [0.25, 0.3) is 5.52 Å². The van der Waals surface area contributed by atoms with Gasteiger partial charge in [-0.15, -0.1) is 0 Å². The molecule has 0 saturated heterocycles. The lowest BCUT2D eigenvalue weighted by Gasteiger charge is -1.93. The normalized spacial score (nSPS) is 10.9. The highest BCUT2D eigenvalue weighted by molar-refractivity contribution is 5.46. The maximum Gasteiger partial charge on any atom is 0.182 e. The number of nitrogens with one attached hydrogen (secondary N) is 1. The molecule has 3 heteroatoms. The van der Waals surface area contributed by atoms with E-state index in [-0.39, 0.29) is 5.43 Å². The quantitative estimate of drug-likeness (QED) is 0.789. The molecule has 2 heterocycles. The summed E-state index contributed by atoms with van der Waals surface area (Å²) in [6.45, 7) is 2.17. The summed E-state index contributed by atoms with van der Waals surface area (Å²) in [6.07, 6.45) is 5.18. The summed E-state index contributed by atoms with van der Waals surface area (Å²) in [7, 11) is 0. The largest absolute Gasteiger partial charge is 0.298 e. The van der Waals surface area contributed by atoms with Gasteiger partial charge in [0.15, 0.2) is 5.43 Å². The van der Waals surface area contributed by atoms with Crippen molar-refractivity contribution in [3.8, 4) is 0 Å². The van der Waals surface area contributed by atoms with Gasteiger partial charge in [0.2, 0.25) is 0 Å². The Bertz CT molecular complexity index is 481. The molecule has 0 amide bonds. The van der Waals surface area contributed by atoms with Crippen LogP contribution in [-0.4, -0.2) is 9.61 Å². The fourth-order valence-corrected chi connectivity index (χ4v) is 1.57. The lowest BCUT2D eigenvalue weighted by molar-refractivity contribution is 0.762. The summed E-state index contributed by atoms with van der Waals surface area (Å²) in [4.78, 5) is 11.1.